The average molecular weight is 338 g/mol. The van der Waals surface area contributed by atoms with Gasteiger partial charge in [0.15, 0.2) is 0 Å². The molecule has 0 radical (unpaired) electrons. The van der Waals surface area contributed by atoms with Crippen molar-refractivity contribution in [2.45, 2.75) is 25.8 Å². The third kappa shape index (κ3) is 3.61. The van der Waals surface area contributed by atoms with Gasteiger partial charge in [0.05, 0.1) is 0 Å². The molecule has 0 amide bonds. The lowest BCUT2D eigenvalue weighted by molar-refractivity contribution is 0.441. The summed E-state index contributed by atoms with van der Waals surface area (Å²) in [6.07, 6.45) is 3.66. The Kier molecular flexibility index (Phi) is 5.20. The van der Waals surface area contributed by atoms with Crippen LogP contribution in [0.1, 0.15) is 30.6 Å². The molecule has 4 nitrogen and oxygen atoms in total. The van der Waals surface area contributed by atoms with Crippen LogP contribution >= 0.6 is 15.9 Å². The molecule has 1 aromatic heterocycles. The zero-order chi connectivity index (χ0) is 14.5. The van der Waals surface area contributed by atoms with Crippen molar-refractivity contribution in [3.63, 3.8) is 0 Å². The minimum Gasteiger partial charge on any atom is -0.508 e. The van der Waals surface area contributed by atoms with Crippen molar-refractivity contribution >= 4 is 15.9 Å². The van der Waals surface area contributed by atoms with Crippen molar-refractivity contribution in [3.8, 4) is 5.75 Å². The number of nitrogens with one attached hydrogen (secondary N) is 1. The number of hydrogen-bond donors (Lipinski definition) is 2. The molecule has 0 spiro atoms. The molecular weight excluding hydrogens is 318 g/mol. The molecule has 0 aliphatic carbocycles. The van der Waals surface area contributed by atoms with E-state index in [-0.39, 0.29) is 6.04 Å². The van der Waals surface area contributed by atoms with Gasteiger partial charge in [-0.05, 0) is 30.7 Å². The maximum Gasteiger partial charge on any atom is 0.120 e. The first-order chi connectivity index (χ1) is 9.61. The predicted octanol–water partition coefficient (Wildman–Crippen LogP) is 3.17. The number of aromatic nitrogens is 2. The van der Waals surface area contributed by atoms with E-state index in [1.165, 1.54) is 5.69 Å². The Morgan fingerprint density at radius 1 is 1.40 bits per heavy atom. The zero-order valence-corrected chi connectivity index (χ0v) is 13.4. The highest BCUT2D eigenvalue weighted by Crippen LogP contribution is 2.29. The normalized spacial score (nSPS) is 12.6. The van der Waals surface area contributed by atoms with Crippen LogP contribution in [0.15, 0.2) is 34.9 Å². The molecule has 1 atom stereocenters. The van der Waals surface area contributed by atoms with Crippen molar-refractivity contribution in [2.24, 2.45) is 7.05 Å². The standard InChI is InChI=1S/C15H20BrN3O/c1-3-14(13-10-11(16)4-5-15(13)20)17-8-6-12-7-9-18-19(12)2/h4-5,7,9-10,14,17,20H,3,6,8H2,1-2H3/t14-/m1/s1. The highest BCUT2D eigenvalue weighted by Gasteiger charge is 2.13. The number of nitrogens with zero attached hydrogens (tertiary/aromatic N) is 2. The summed E-state index contributed by atoms with van der Waals surface area (Å²) < 4.78 is 2.87. The van der Waals surface area contributed by atoms with Crippen molar-refractivity contribution in [1.29, 1.82) is 0 Å². The predicted molar refractivity (Wildman–Crippen MR) is 83.8 cm³/mol. The van der Waals surface area contributed by atoms with Crippen molar-refractivity contribution < 1.29 is 5.11 Å². The fourth-order valence-electron chi connectivity index (χ4n) is 2.30. The van der Waals surface area contributed by atoms with E-state index in [1.54, 1.807) is 6.07 Å². The van der Waals surface area contributed by atoms with Crippen molar-refractivity contribution in [2.75, 3.05) is 6.54 Å². The Morgan fingerprint density at radius 2 is 2.20 bits per heavy atom. The van der Waals surface area contributed by atoms with Crippen LogP contribution in [0.2, 0.25) is 0 Å². The van der Waals surface area contributed by atoms with E-state index in [2.05, 4.69) is 33.3 Å². The molecule has 1 aromatic carbocycles. The molecule has 2 rings (SSSR count). The summed E-state index contributed by atoms with van der Waals surface area (Å²) in [6, 6.07) is 7.73. The fourth-order valence-corrected chi connectivity index (χ4v) is 2.68. The van der Waals surface area contributed by atoms with Gasteiger partial charge in [0.1, 0.15) is 5.75 Å². The maximum absolute atomic E-state index is 9.99. The van der Waals surface area contributed by atoms with Crippen LogP contribution in [-0.2, 0) is 13.5 Å². The monoisotopic (exact) mass is 337 g/mol. The molecule has 0 saturated carbocycles. The lowest BCUT2D eigenvalue weighted by Gasteiger charge is -2.19. The van der Waals surface area contributed by atoms with Crippen LogP contribution in [0.3, 0.4) is 0 Å². The smallest absolute Gasteiger partial charge is 0.120 e. The number of aromatic hydroxyl groups is 1. The van der Waals surface area contributed by atoms with E-state index >= 15 is 0 Å². The summed E-state index contributed by atoms with van der Waals surface area (Å²) >= 11 is 3.45. The molecule has 108 valence electrons. The van der Waals surface area contributed by atoms with Crippen LogP contribution in [0.4, 0.5) is 0 Å². The maximum atomic E-state index is 9.99. The minimum absolute atomic E-state index is 0.153. The van der Waals surface area contributed by atoms with Gasteiger partial charge in [-0.2, -0.15) is 5.10 Å². The van der Waals surface area contributed by atoms with E-state index in [0.29, 0.717) is 5.75 Å². The second-order valence-corrected chi connectivity index (χ2v) is 5.73. The number of benzene rings is 1. The van der Waals surface area contributed by atoms with E-state index < -0.39 is 0 Å². The van der Waals surface area contributed by atoms with Crippen LogP contribution in [-0.4, -0.2) is 21.4 Å². The second kappa shape index (κ2) is 6.90. The zero-order valence-electron chi connectivity index (χ0n) is 11.8. The number of aryl methyl sites for hydroxylation is 1. The summed E-state index contributed by atoms with van der Waals surface area (Å²) in [6.45, 7) is 2.96. The van der Waals surface area contributed by atoms with Gasteiger partial charge in [0.2, 0.25) is 0 Å². The third-order valence-electron chi connectivity index (χ3n) is 3.47. The molecule has 0 fully saturated rings. The summed E-state index contributed by atoms with van der Waals surface area (Å²) in [4.78, 5) is 0. The highest BCUT2D eigenvalue weighted by molar-refractivity contribution is 9.10. The molecule has 0 saturated heterocycles. The van der Waals surface area contributed by atoms with Crippen LogP contribution in [0.5, 0.6) is 5.75 Å². The number of phenols is 1. The number of phenolic OH excluding ortho intramolecular Hbond substituents is 1. The first-order valence-electron chi connectivity index (χ1n) is 6.80. The van der Waals surface area contributed by atoms with Gasteiger partial charge in [0.25, 0.3) is 0 Å². The SMILES string of the molecule is CC[C@@H](NCCc1ccnn1C)c1cc(Br)ccc1O. The Balaban J connectivity index is 1.99. The molecule has 0 bridgehead atoms. The van der Waals surface area contributed by atoms with E-state index in [9.17, 15) is 5.11 Å². The Morgan fingerprint density at radius 3 is 2.85 bits per heavy atom. The average Bonchev–Trinajstić information content (AvgIpc) is 2.84. The second-order valence-electron chi connectivity index (χ2n) is 4.81. The van der Waals surface area contributed by atoms with E-state index in [1.807, 2.05) is 36.1 Å². The van der Waals surface area contributed by atoms with Crippen molar-refractivity contribution in [3.05, 3.63) is 46.2 Å². The Bertz CT molecular complexity index is 568. The fraction of sp³-hybridized carbons (Fsp3) is 0.400. The topological polar surface area (TPSA) is 50.1 Å². The molecular formula is C15H20BrN3O. The first kappa shape index (κ1) is 15.1. The molecule has 0 aliphatic rings. The Hall–Kier alpha value is -1.33. The van der Waals surface area contributed by atoms with E-state index in [4.69, 9.17) is 0 Å². The summed E-state index contributed by atoms with van der Waals surface area (Å²) in [5.41, 5.74) is 2.14. The third-order valence-corrected chi connectivity index (χ3v) is 3.96. The highest BCUT2D eigenvalue weighted by atomic mass is 79.9. The quantitative estimate of drug-likeness (QED) is 0.851. The van der Waals surface area contributed by atoms with Gasteiger partial charge in [-0.1, -0.05) is 22.9 Å². The molecule has 1 heterocycles. The van der Waals surface area contributed by atoms with Gasteiger partial charge in [-0.25, -0.2) is 0 Å². The minimum atomic E-state index is 0.153. The number of hydrogen-bond acceptors (Lipinski definition) is 3. The largest absolute Gasteiger partial charge is 0.508 e. The molecule has 20 heavy (non-hydrogen) atoms. The first-order valence-corrected chi connectivity index (χ1v) is 7.59. The summed E-state index contributed by atoms with van der Waals surface area (Å²) in [5, 5.41) is 17.6. The number of rotatable bonds is 6. The van der Waals surface area contributed by atoms with Gasteiger partial charge in [-0.15, -0.1) is 0 Å². The van der Waals surface area contributed by atoms with Crippen LogP contribution in [0.25, 0.3) is 0 Å². The molecule has 2 aromatic rings. The van der Waals surface area contributed by atoms with Crippen molar-refractivity contribution in [1.82, 2.24) is 15.1 Å². The van der Waals surface area contributed by atoms with Gasteiger partial charge >= 0.3 is 0 Å². The lowest BCUT2D eigenvalue weighted by Crippen LogP contribution is -2.24. The molecule has 5 heteroatoms. The van der Waals surface area contributed by atoms with Gasteiger partial charge in [-0.3, -0.25) is 4.68 Å². The summed E-state index contributed by atoms with van der Waals surface area (Å²) in [5.74, 6) is 0.341. The molecule has 0 aliphatic heterocycles. The summed E-state index contributed by atoms with van der Waals surface area (Å²) in [7, 11) is 1.95. The van der Waals surface area contributed by atoms with Gasteiger partial charge < -0.3 is 10.4 Å². The number of halogens is 1. The lowest BCUT2D eigenvalue weighted by atomic mass is 10.0. The van der Waals surface area contributed by atoms with Crippen LogP contribution < -0.4 is 5.32 Å². The molecule has 0 unspecified atom stereocenters. The Labute approximate surface area is 127 Å². The van der Waals surface area contributed by atoms with Crippen LogP contribution in [0, 0.1) is 0 Å². The molecule has 2 N–H and O–H groups in total. The van der Waals surface area contributed by atoms with Gasteiger partial charge in [0, 0.05) is 48.0 Å². The van der Waals surface area contributed by atoms with E-state index in [0.717, 1.165) is 29.4 Å².